The molecule has 0 fully saturated rings. The van der Waals surface area contributed by atoms with Crippen LogP contribution in [0, 0.1) is 5.82 Å². The van der Waals surface area contributed by atoms with Crippen molar-refractivity contribution in [3.05, 3.63) is 58.9 Å². The van der Waals surface area contributed by atoms with Gasteiger partial charge >= 0.3 is 0 Å². The van der Waals surface area contributed by atoms with Crippen molar-refractivity contribution in [3.63, 3.8) is 0 Å². The maximum Gasteiger partial charge on any atom is 0.193 e. The first-order valence-electron chi connectivity index (χ1n) is 7.52. The molecule has 24 heavy (non-hydrogen) atoms. The number of halogens is 1. The maximum absolute atomic E-state index is 13.8. The van der Waals surface area contributed by atoms with Crippen molar-refractivity contribution >= 4 is 11.9 Å². The van der Waals surface area contributed by atoms with Crippen molar-refractivity contribution in [2.75, 3.05) is 20.8 Å². The molecule has 2 aromatic carbocycles. The molecule has 2 aromatic rings. The molecule has 0 saturated heterocycles. The second-order valence-electron chi connectivity index (χ2n) is 5.35. The molecule has 1 aliphatic rings. The molecule has 1 heterocycles. The van der Waals surface area contributed by atoms with Crippen LogP contribution >= 0.6 is 0 Å². The highest BCUT2D eigenvalue weighted by atomic mass is 19.1. The molecular weight excluding hydrogens is 311 g/mol. The van der Waals surface area contributed by atoms with Gasteiger partial charge in [-0.2, -0.15) is 0 Å². The van der Waals surface area contributed by atoms with Crippen molar-refractivity contribution in [1.82, 2.24) is 0 Å². The number of carbonyl (C=O) groups excluding carboxylic acids is 1. The van der Waals surface area contributed by atoms with Crippen LogP contribution < -0.4 is 14.2 Å². The number of fused-ring (bicyclic) bond motifs is 1. The van der Waals surface area contributed by atoms with E-state index in [1.54, 1.807) is 37.5 Å². The number of ether oxygens (including phenoxy) is 3. The van der Waals surface area contributed by atoms with Crippen molar-refractivity contribution in [1.29, 1.82) is 0 Å². The highest BCUT2D eigenvalue weighted by Crippen LogP contribution is 2.31. The summed E-state index contributed by atoms with van der Waals surface area (Å²) in [6, 6.07) is 9.72. The summed E-state index contributed by atoms with van der Waals surface area (Å²) in [7, 11) is 2.95. The van der Waals surface area contributed by atoms with Gasteiger partial charge in [0.2, 0.25) is 0 Å². The monoisotopic (exact) mass is 328 g/mol. The van der Waals surface area contributed by atoms with Crippen molar-refractivity contribution in [2.45, 2.75) is 6.42 Å². The predicted molar refractivity (Wildman–Crippen MR) is 88.4 cm³/mol. The van der Waals surface area contributed by atoms with E-state index in [0.29, 0.717) is 41.2 Å². The van der Waals surface area contributed by atoms with Gasteiger partial charge in [0, 0.05) is 12.0 Å². The standard InChI is InChI=1S/C19H17FO4/c1-22-14-4-6-17-15(11-14)19(21)13(7-8-24-17)9-12-3-5-18(23-2)16(20)10-12/h3-6,9-11H,7-8H2,1-2H3. The Morgan fingerprint density at radius 1 is 1.12 bits per heavy atom. The second kappa shape index (κ2) is 6.74. The van der Waals surface area contributed by atoms with Gasteiger partial charge in [-0.05, 0) is 42.0 Å². The van der Waals surface area contributed by atoms with Crippen LogP contribution in [0.4, 0.5) is 4.39 Å². The molecule has 0 N–H and O–H groups in total. The molecule has 4 nitrogen and oxygen atoms in total. The molecule has 0 aliphatic carbocycles. The van der Waals surface area contributed by atoms with Gasteiger partial charge in [-0.1, -0.05) is 6.07 Å². The van der Waals surface area contributed by atoms with Gasteiger partial charge < -0.3 is 14.2 Å². The van der Waals surface area contributed by atoms with E-state index in [0.717, 1.165) is 0 Å². The number of hydrogen-bond donors (Lipinski definition) is 0. The zero-order valence-corrected chi connectivity index (χ0v) is 13.5. The average molecular weight is 328 g/mol. The normalized spacial score (nSPS) is 15.5. The summed E-state index contributed by atoms with van der Waals surface area (Å²) in [6.45, 7) is 0.384. The number of rotatable bonds is 3. The fourth-order valence-electron chi connectivity index (χ4n) is 2.61. The van der Waals surface area contributed by atoms with Gasteiger partial charge in [0.1, 0.15) is 11.5 Å². The molecule has 124 valence electrons. The van der Waals surface area contributed by atoms with E-state index in [1.165, 1.54) is 19.2 Å². The summed E-state index contributed by atoms with van der Waals surface area (Å²) in [5, 5.41) is 0. The number of ketones is 1. The lowest BCUT2D eigenvalue weighted by molar-refractivity contribution is 0.103. The molecule has 0 saturated carbocycles. The topological polar surface area (TPSA) is 44.8 Å². The lowest BCUT2D eigenvalue weighted by Crippen LogP contribution is -2.02. The number of hydrogen-bond acceptors (Lipinski definition) is 4. The zero-order valence-electron chi connectivity index (χ0n) is 13.5. The SMILES string of the molecule is COc1ccc2c(c1)C(=O)C(=Cc1ccc(OC)c(F)c1)CCO2. The minimum Gasteiger partial charge on any atom is -0.497 e. The molecule has 0 spiro atoms. The Morgan fingerprint density at radius 2 is 1.96 bits per heavy atom. The fraction of sp³-hybridized carbons (Fsp3) is 0.211. The van der Waals surface area contributed by atoms with Crippen molar-refractivity contribution in [3.8, 4) is 17.2 Å². The van der Waals surface area contributed by atoms with E-state index >= 15 is 0 Å². The second-order valence-corrected chi connectivity index (χ2v) is 5.35. The molecule has 0 aromatic heterocycles. The van der Waals surface area contributed by atoms with Crippen LogP contribution in [0.2, 0.25) is 0 Å². The third kappa shape index (κ3) is 3.11. The highest BCUT2D eigenvalue weighted by Gasteiger charge is 2.22. The number of Topliss-reactive ketones (excluding diaryl/α,β-unsaturated/α-hetero) is 1. The van der Waals surface area contributed by atoms with Crippen LogP contribution in [0.1, 0.15) is 22.3 Å². The van der Waals surface area contributed by atoms with Gasteiger partial charge in [0.05, 0.1) is 26.4 Å². The molecule has 3 rings (SSSR count). The van der Waals surface area contributed by atoms with Crippen molar-refractivity contribution < 1.29 is 23.4 Å². The third-order valence-corrected chi connectivity index (χ3v) is 3.87. The number of carbonyl (C=O) groups is 1. The molecule has 0 unspecified atom stereocenters. The predicted octanol–water partition coefficient (Wildman–Crippen LogP) is 3.89. The Hall–Kier alpha value is -2.82. The lowest BCUT2D eigenvalue weighted by Gasteiger charge is -2.07. The van der Waals surface area contributed by atoms with E-state index in [-0.39, 0.29) is 11.5 Å². The third-order valence-electron chi connectivity index (χ3n) is 3.87. The molecule has 5 heteroatoms. The van der Waals surface area contributed by atoms with Gasteiger partial charge in [-0.25, -0.2) is 4.39 Å². The summed E-state index contributed by atoms with van der Waals surface area (Å²) in [4.78, 5) is 12.8. The number of methoxy groups -OCH3 is 2. The Labute approximate surface area is 139 Å². The summed E-state index contributed by atoms with van der Waals surface area (Å²) in [5.41, 5.74) is 1.61. The van der Waals surface area contributed by atoms with E-state index in [9.17, 15) is 9.18 Å². The average Bonchev–Trinajstić information content (AvgIpc) is 2.74. The largest absolute Gasteiger partial charge is 0.497 e. The summed E-state index contributed by atoms with van der Waals surface area (Å²) in [5.74, 6) is 0.680. The first-order chi connectivity index (χ1) is 11.6. The molecule has 0 radical (unpaired) electrons. The molecular formula is C19H17FO4. The van der Waals surface area contributed by atoms with E-state index in [1.807, 2.05) is 0 Å². The Bertz CT molecular complexity index is 811. The van der Waals surface area contributed by atoms with Gasteiger partial charge in [0.15, 0.2) is 17.3 Å². The number of benzene rings is 2. The fourth-order valence-corrected chi connectivity index (χ4v) is 2.61. The molecule has 0 bridgehead atoms. The van der Waals surface area contributed by atoms with E-state index in [4.69, 9.17) is 14.2 Å². The van der Waals surface area contributed by atoms with Crippen LogP contribution in [0.25, 0.3) is 6.08 Å². The van der Waals surface area contributed by atoms with Gasteiger partial charge in [0.25, 0.3) is 0 Å². The zero-order chi connectivity index (χ0) is 17.1. The van der Waals surface area contributed by atoms with Crippen LogP contribution in [0.15, 0.2) is 42.0 Å². The lowest BCUT2D eigenvalue weighted by atomic mass is 9.98. The van der Waals surface area contributed by atoms with E-state index in [2.05, 4.69) is 0 Å². The summed E-state index contributed by atoms with van der Waals surface area (Å²) >= 11 is 0. The minimum atomic E-state index is -0.466. The first-order valence-corrected chi connectivity index (χ1v) is 7.52. The highest BCUT2D eigenvalue weighted by molar-refractivity contribution is 6.13. The summed E-state index contributed by atoms with van der Waals surface area (Å²) in [6.07, 6.45) is 2.13. The molecule has 0 amide bonds. The van der Waals surface area contributed by atoms with Gasteiger partial charge in [-0.15, -0.1) is 0 Å². The van der Waals surface area contributed by atoms with Crippen LogP contribution in [0.3, 0.4) is 0 Å². The van der Waals surface area contributed by atoms with Crippen LogP contribution in [0.5, 0.6) is 17.2 Å². The van der Waals surface area contributed by atoms with Crippen LogP contribution in [-0.2, 0) is 0 Å². The Kier molecular flexibility index (Phi) is 4.51. The molecule has 0 atom stereocenters. The maximum atomic E-state index is 13.8. The molecule has 1 aliphatic heterocycles. The first kappa shape index (κ1) is 16.1. The minimum absolute atomic E-state index is 0.141. The van der Waals surface area contributed by atoms with Crippen molar-refractivity contribution in [2.24, 2.45) is 0 Å². The van der Waals surface area contributed by atoms with Crippen LogP contribution in [-0.4, -0.2) is 26.6 Å². The summed E-state index contributed by atoms with van der Waals surface area (Å²) < 4.78 is 29.6. The Morgan fingerprint density at radius 3 is 2.67 bits per heavy atom. The smallest absolute Gasteiger partial charge is 0.193 e. The quantitative estimate of drug-likeness (QED) is 0.802. The van der Waals surface area contributed by atoms with Gasteiger partial charge in [-0.3, -0.25) is 4.79 Å². The Balaban J connectivity index is 1.98. The van der Waals surface area contributed by atoms with E-state index < -0.39 is 5.82 Å².